The number of hydrogen-bond acceptors (Lipinski definition) is 4. The van der Waals surface area contributed by atoms with Crippen LogP contribution in [-0.2, 0) is 4.74 Å². The maximum Gasteiger partial charge on any atom is 0.412 e. The number of nitrogens with one attached hydrogen (secondary N) is 1. The summed E-state index contributed by atoms with van der Waals surface area (Å²) in [5.74, 6) is 0.632. The molecule has 0 heterocycles. The van der Waals surface area contributed by atoms with Crippen molar-refractivity contribution in [1.82, 2.24) is 0 Å². The zero-order chi connectivity index (χ0) is 15.0. The first-order chi connectivity index (χ1) is 9.40. The Bertz CT molecular complexity index is 487. The molecule has 1 rings (SSSR count). The maximum absolute atomic E-state index is 11.5. The van der Waals surface area contributed by atoms with Crippen LogP contribution in [0, 0.1) is 0 Å². The Labute approximate surface area is 117 Å². The van der Waals surface area contributed by atoms with Gasteiger partial charge < -0.3 is 9.47 Å². The smallest absolute Gasteiger partial charge is 0.412 e. The molecule has 0 aliphatic rings. The molecule has 0 spiro atoms. The van der Waals surface area contributed by atoms with Crippen molar-refractivity contribution in [3.8, 4) is 5.75 Å². The van der Waals surface area contributed by atoms with Gasteiger partial charge >= 0.3 is 6.09 Å². The van der Waals surface area contributed by atoms with Crippen LogP contribution in [0.15, 0.2) is 29.4 Å². The summed E-state index contributed by atoms with van der Waals surface area (Å²) in [5.41, 5.74) is 8.19. The molecule has 1 aromatic carbocycles. The average Bonchev–Trinajstić information content (AvgIpc) is 2.34. The van der Waals surface area contributed by atoms with Gasteiger partial charge in [-0.3, -0.25) is 5.32 Å². The number of carbonyl (C=O) groups excluding carboxylic acids is 1. The zero-order valence-electron chi connectivity index (χ0n) is 11.8. The van der Waals surface area contributed by atoms with Crippen molar-refractivity contribution in [3.05, 3.63) is 34.7 Å². The molecule has 0 radical (unpaired) electrons. The Morgan fingerprint density at radius 1 is 1.35 bits per heavy atom. The van der Waals surface area contributed by atoms with E-state index in [1.165, 1.54) is 0 Å². The van der Waals surface area contributed by atoms with Gasteiger partial charge in [-0.15, -0.1) is 0 Å². The molecule has 0 saturated heterocycles. The van der Waals surface area contributed by atoms with E-state index in [4.69, 9.17) is 15.0 Å². The molecule has 1 amide bonds. The van der Waals surface area contributed by atoms with Crippen LogP contribution in [0.5, 0.6) is 5.75 Å². The number of ether oxygens (including phenoxy) is 2. The summed E-state index contributed by atoms with van der Waals surface area (Å²) in [6.07, 6.45) is -0.505. The molecule has 108 valence electrons. The topological polar surface area (TPSA) is 96.3 Å². The van der Waals surface area contributed by atoms with E-state index in [1.54, 1.807) is 45.0 Å². The molecule has 20 heavy (non-hydrogen) atoms. The molecular formula is C13H18N4O3. The van der Waals surface area contributed by atoms with Crippen LogP contribution in [0.4, 0.5) is 10.5 Å². The summed E-state index contributed by atoms with van der Waals surface area (Å²) in [4.78, 5) is 14.2. The van der Waals surface area contributed by atoms with E-state index >= 15 is 0 Å². The molecule has 0 unspecified atom stereocenters. The van der Waals surface area contributed by atoms with Crippen molar-refractivity contribution in [3.63, 3.8) is 0 Å². The number of carbonyl (C=O) groups is 1. The first-order valence-electron chi connectivity index (χ1n) is 6.14. The van der Waals surface area contributed by atoms with E-state index in [0.717, 1.165) is 0 Å². The summed E-state index contributed by atoms with van der Waals surface area (Å²) in [6.45, 7) is 5.98. The third kappa shape index (κ3) is 6.51. The van der Waals surface area contributed by atoms with Gasteiger partial charge in [0.1, 0.15) is 11.4 Å². The summed E-state index contributed by atoms with van der Waals surface area (Å²) in [5, 5.41) is 5.98. The highest BCUT2D eigenvalue weighted by Crippen LogP contribution is 2.16. The Balaban J connectivity index is 2.46. The predicted octanol–water partition coefficient (Wildman–Crippen LogP) is 3.72. The van der Waals surface area contributed by atoms with Crippen LogP contribution >= 0.6 is 0 Å². The van der Waals surface area contributed by atoms with Gasteiger partial charge in [0.2, 0.25) is 0 Å². The van der Waals surface area contributed by atoms with Gasteiger partial charge in [-0.1, -0.05) is 5.11 Å². The molecule has 1 N–H and O–H groups in total. The number of benzene rings is 1. The number of azide groups is 1. The summed E-state index contributed by atoms with van der Waals surface area (Å²) in [7, 11) is 0. The number of anilines is 1. The molecule has 0 fully saturated rings. The van der Waals surface area contributed by atoms with E-state index in [1.807, 2.05) is 0 Å². The van der Waals surface area contributed by atoms with Crippen LogP contribution < -0.4 is 10.1 Å². The van der Waals surface area contributed by atoms with Crippen molar-refractivity contribution in [2.24, 2.45) is 5.11 Å². The van der Waals surface area contributed by atoms with Crippen LogP contribution in [0.2, 0.25) is 0 Å². The minimum Gasteiger partial charge on any atom is -0.493 e. The van der Waals surface area contributed by atoms with E-state index in [-0.39, 0.29) is 6.54 Å². The van der Waals surface area contributed by atoms with E-state index < -0.39 is 11.7 Å². The Kier molecular flexibility index (Phi) is 5.68. The lowest BCUT2D eigenvalue weighted by Gasteiger charge is -2.19. The van der Waals surface area contributed by atoms with Gasteiger partial charge in [-0.25, -0.2) is 4.79 Å². The van der Waals surface area contributed by atoms with Gasteiger partial charge in [-0.2, -0.15) is 0 Å². The standard InChI is InChI=1S/C13H18N4O3/c1-13(2,3)20-12(18)16-10-4-6-11(7-5-10)19-9-8-15-17-14/h4-7H,8-9H2,1-3H3,(H,16,18). The first kappa shape index (κ1) is 15.7. The summed E-state index contributed by atoms with van der Waals surface area (Å²) in [6, 6.07) is 6.82. The zero-order valence-corrected chi connectivity index (χ0v) is 11.8. The highest BCUT2D eigenvalue weighted by molar-refractivity contribution is 5.84. The monoisotopic (exact) mass is 278 g/mol. The van der Waals surface area contributed by atoms with Crippen molar-refractivity contribution in [1.29, 1.82) is 0 Å². The SMILES string of the molecule is CC(C)(C)OC(=O)Nc1ccc(OCCN=[N+]=[N-])cc1. The van der Waals surface area contributed by atoms with Crippen LogP contribution in [0.3, 0.4) is 0 Å². The van der Waals surface area contributed by atoms with Crippen molar-refractivity contribution < 1.29 is 14.3 Å². The average molecular weight is 278 g/mol. The van der Waals surface area contributed by atoms with E-state index in [2.05, 4.69) is 15.3 Å². The molecule has 0 saturated carbocycles. The molecular weight excluding hydrogens is 260 g/mol. The molecule has 1 aromatic rings. The number of rotatable bonds is 5. The first-order valence-corrected chi connectivity index (χ1v) is 6.14. The number of hydrogen-bond donors (Lipinski definition) is 1. The molecule has 0 aliphatic carbocycles. The third-order valence-corrected chi connectivity index (χ3v) is 2.02. The van der Waals surface area contributed by atoms with Gasteiger partial charge in [0.25, 0.3) is 0 Å². The van der Waals surface area contributed by atoms with Crippen molar-refractivity contribution in [2.45, 2.75) is 26.4 Å². The third-order valence-electron chi connectivity index (χ3n) is 2.02. The molecule has 0 aliphatic heterocycles. The Hall–Kier alpha value is -2.40. The van der Waals surface area contributed by atoms with Crippen LogP contribution in [0.1, 0.15) is 20.8 Å². The van der Waals surface area contributed by atoms with Gasteiger partial charge in [0.15, 0.2) is 0 Å². The maximum atomic E-state index is 11.5. The van der Waals surface area contributed by atoms with Crippen LogP contribution in [0.25, 0.3) is 10.4 Å². The minimum atomic E-state index is -0.533. The second-order valence-corrected chi connectivity index (χ2v) is 4.95. The highest BCUT2D eigenvalue weighted by Gasteiger charge is 2.15. The Morgan fingerprint density at radius 3 is 2.55 bits per heavy atom. The minimum absolute atomic E-state index is 0.272. The second kappa shape index (κ2) is 7.25. The van der Waals surface area contributed by atoms with Gasteiger partial charge in [-0.05, 0) is 50.6 Å². The lowest BCUT2D eigenvalue weighted by atomic mass is 10.2. The quantitative estimate of drug-likeness (QED) is 0.384. The van der Waals surface area contributed by atoms with E-state index in [0.29, 0.717) is 18.0 Å². The summed E-state index contributed by atoms with van der Waals surface area (Å²) < 4.78 is 10.5. The molecule has 7 nitrogen and oxygen atoms in total. The fourth-order valence-electron chi connectivity index (χ4n) is 1.30. The molecule has 7 heteroatoms. The Morgan fingerprint density at radius 2 is 2.00 bits per heavy atom. The highest BCUT2D eigenvalue weighted by atomic mass is 16.6. The molecule has 0 atom stereocenters. The number of nitrogens with zero attached hydrogens (tertiary/aromatic N) is 3. The normalized spacial score (nSPS) is 10.3. The van der Waals surface area contributed by atoms with Gasteiger partial charge in [0, 0.05) is 10.6 Å². The number of amides is 1. The predicted molar refractivity (Wildman–Crippen MR) is 75.8 cm³/mol. The lowest BCUT2D eigenvalue weighted by Crippen LogP contribution is -2.27. The van der Waals surface area contributed by atoms with E-state index in [9.17, 15) is 4.79 Å². The van der Waals surface area contributed by atoms with Crippen molar-refractivity contribution in [2.75, 3.05) is 18.5 Å². The largest absolute Gasteiger partial charge is 0.493 e. The molecule has 0 aromatic heterocycles. The van der Waals surface area contributed by atoms with Gasteiger partial charge in [0.05, 0.1) is 13.2 Å². The lowest BCUT2D eigenvalue weighted by molar-refractivity contribution is 0.0636. The fourth-order valence-corrected chi connectivity index (χ4v) is 1.30. The van der Waals surface area contributed by atoms with Crippen molar-refractivity contribution >= 4 is 11.8 Å². The summed E-state index contributed by atoms with van der Waals surface area (Å²) >= 11 is 0. The van der Waals surface area contributed by atoms with Crippen LogP contribution in [-0.4, -0.2) is 24.8 Å². The fraction of sp³-hybridized carbons (Fsp3) is 0.462. The second-order valence-electron chi connectivity index (χ2n) is 4.95. The molecule has 0 bridgehead atoms.